The second-order valence-electron chi connectivity index (χ2n) is 2.92. The SMILES string of the molecule is COC(=O)c1cccc(Cl)c1CCC#N. The van der Waals surface area contributed by atoms with Crippen LogP contribution in [-0.2, 0) is 11.2 Å². The number of halogens is 1. The predicted octanol–water partition coefficient (Wildman–Crippen LogP) is 2.58. The van der Waals surface area contributed by atoms with E-state index in [0.717, 1.165) is 0 Å². The fourth-order valence-electron chi connectivity index (χ4n) is 1.29. The Morgan fingerprint density at radius 2 is 2.33 bits per heavy atom. The van der Waals surface area contributed by atoms with Crippen molar-refractivity contribution in [1.29, 1.82) is 5.26 Å². The molecule has 1 aromatic carbocycles. The Labute approximate surface area is 93.2 Å². The van der Waals surface area contributed by atoms with Gasteiger partial charge in [0.15, 0.2) is 0 Å². The standard InChI is InChI=1S/C11H10ClNO2/c1-15-11(14)9-4-2-6-10(12)8(9)5-3-7-13/h2,4,6H,3,5H2,1H3. The van der Waals surface area contributed by atoms with Gasteiger partial charge in [0.25, 0.3) is 0 Å². The summed E-state index contributed by atoms with van der Waals surface area (Å²) in [5.74, 6) is -0.426. The van der Waals surface area contributed by atoms with Crippen LogP contribution in [0.25, 0.3) is 0 Å². The van der Waals surface area contributed by atoms with Crippen molar-refractivity contribution in [3.05, 3.63) is 34.3 Å². The molecule has 3 nitrogen and oxygen atoms in total. The van der Waals surface area contributed by atoms with E-state index >= 15 is 0 Å². The summed E-state index contributed by atoms with van der Waals surface area (Å²) in [6.07, 6.45) is 0.786. The van der Waals surface area contributed by atoms with Crippen molar-refractivity contribution in [3.63, 3.8) is 0 Å². The summed E-state index contributed by atoms with van der Waals surface area (Å²) in [6.45, 7) is 0. The van der Waals surface area contributed by atoms with Crippen LogP contribution in [0.2, 0.25) is 5.02 Å². The minimum Gasteiger partial charge on any atom is -0.465 e. The maximum absolute atomic E-state index is 11.4. The molecule has 1 aromatic rings. The highest BCUT2D eigenvalue weighted by Gasteiger charge is 2.13. The molecule has 0 saturated heterocycles. The molecule has 0 aliphatic carbocycles. The van der Waals surface area contributed by atoms with Gasteiger partial charge in [0, 0.05) is 11.4 Å². The molecule has 0 heterocycles. The topological polar surface area (TPSA) is 50.1 Å². The molecule has 1 rings (SSSR count). The van der Waals surface area contributed by atoms with Gasteiger partial charge in [-0.15, -0.1) is 0 Å². The zero-order valence-electron chi connectivity index (χ0n) is 8.29. The van der Waals surface area contributed by atoms with E-state index in [1.807, 2.05) is 6.07 Å². The number of hydrogen-bond acceptors (Lipinski definition) is 3. The number of carbonyl (C=O) groups excluding carboxylic acids is 1. The molecule has 0 unspecified atom stereocenters. The first-order chi connectivity index (χ1) is 7.20. The Morgan fingerprint density at radius 3 is 2.93 bits per heavy atom. The molecule has 0 aliphatic rings. The quantitative estimate of drug-likeness (QED) is 0.740. The van der Waals surface area contributed by atoms with E-state index in [1.165, 1.54) is 7.11 Å². The number of nitriles is 1. The molecule has 0 saturated carbocycles. The molecule has 4 heteroatoms. The van der Waals surface area contributed by atoms with Gasteiger partial charge in [-0.3, -0.25) is 0 Å². The first-order valence-corrected chi connectivity index (χ1v) is 4.81. The third kappa shape index (κ3) is 2.71. The number of nitrogens with zero attached hydrogens (tertiary/aromatic N) is 1. The Morgan fingerprint density at radius 1 is 1.60 bits per heavy atom. The minimum absolute atomic E-state index is 0.327. The van der Waals surface area contributed by atoms with Crippen molar-refractivity contribution in [2.75, 3.05) is 7.11 Å². The van der Waals surface area contributed by atoms with E-state index < -0.39 is 5.97 Å². The van der Waals surface area contributed by atoms with E-state index in [0.29, 0.717) is 29.0 Å². The van der Waals surface area contributed by atoms with Crippen molar-refractivity contribution in [2.45, 2.75) is 12.8 Å². The Hall–Kier alpha value is -1.53. The molecule has 0 amide bonds. The summed E-state index contributed by atoms with van der Waals surface area (Å²) >= 11 is 5.95. The molecule has 0 aliphatic heterocycles. The van der Waals surface area contributed by atoms with Crippen LogP contribution in [0, 0.1) is 11.3 Å². The highest BCUT2D eigenvalue weighted by atomic mass is 35.5. The maximum Gasteiger partial charge on any atom is 0.338 e. The van der Waals surface area contributed by atoms with Gasteiger partial charge in [-0.25, -0.2) is 4.79 Å². The third-order valence-electron chi connectivity index (χ3n) is 2.01. The van der Waals surface area contributed by atoms with Crippen molar-refractivity contribution in [1.82, 2.24) is 0 Å². The van der Waals surface area contributed by atoms with E-state index in [1.54, 1.807) is 18.2 Å². The number of carbonyl (C=O) groups is 1. The molecule has 0 fully saturated rings. The van der Waals surface area contributed by atoms with Crippen LogP contribution < -0.4 is 0 Å². The summed E-state index contributed by atoms with van der Waals surface area (Å²) in [6, 6.07) is 7.04. The maximum atomic E-state index is 11.4. The van der Waals surface area contributed by atoms with E-state index in [9.17, 15) is 4.79 Å². The van der Waals surface area contributed by atoms with Gasteiger partial charge in [-0.2, -0.15) is 5.26 Å². The zero-order valence-corrected chi connectivity index (χ0v) is 9.04. The van der Waals surface area contributed by atoms with Gasteiger partial charge in [0.2, 0.25) is 0 Å². The molecule has 15 heavy (non-hydrogen) atoms. The van der Waals surface area contributed by atoms with Gasteiger partial charge in [-0.1, -0.05) is 17.7 Å². The van der Waals surface area contributed by atoms with Crippen LogP contribution in [0.1, 0.15) is 22.3 Å². The highest BCUT2D eigenvalue weighted by molar-refractivity contribution is 6.31. The lowest BCUT2D eigenvalue weighted by Gasteiger charge is -2.07. The van der Waals surface area contributed by atoms with Gasteiger partial charge < -0.3 is 4.74 Å². The van der Waals surface area contributed by atoms with Crippen molar-refractivity contribution < 1.29 is 9.53 Å². The number of ether oxygens (including phenoxy) is 1. The zero-order chi connectivity index (χ0) is 11.3. The molecule has 0 bridgehead atoms. The molecular weight excluding hydrogens is 214 g/mol. The van der Waals surface area contributed by atoms with Crippen LogP contribution in [0.5, 0.6) is 0 Å². The van der Waals surface area contributed by atoms with E-state index in [-0.39, 0.29) is 0 Å². The first-order valence-electron chi connectivity index (χ1n) is 4.43. The molecular formula is C11H10ClNO2. The molecule has 0 atom stereocenters. The lowest BCUT2D eigenvalue weighted by molar-refractivity contribution is 0.0599. The Bertz CT molecular complexity index is 410. The summed E-state index contributed by atoms with van der Waals surface area (Å²) in [4.78, 5) is 11.4. The predicted molar refractivity (Wildman–Crippen MR) is 56.7 cm³/mol. The second kappa shape index (κ2) is 5.38. The van der Waals surface area contributed by atoms with Crippen LogP contribution in [0.3, 0.4) is 0 Å². The monoisotopic (exact) mass is 223 g/mol. The minimum atomic E-state index is -0.426. The first kappa shape index (κ1) is 11.5. The van der Waals surface area contributed by atoms with Crippen LogP contribution in [0.4, 0.5) is 0 Å². The average molecular weight is 224 g/mol. The molecule has 0 spiro atoms. The number of esters is 1. The summed E-state index contributed by atoms with van der Waals surface area (Å²) in [5, 5.41) is 8.99. The molecule has 0 aromatic heterocycles. The van der Waals surface area contributed by atoms with Crippen LogP contribution >= 0.6 is 11.6 Å². The van der Waals surface area contributed by atoms with Gasteiger partial charge in [0.05, 0.1) is 18.7 Å². The average Bonchev–Trinajstić information content (AvgIpc) is 2.26. The highest BCUT2D eigenvalue weighted by Crippen LogP contribution is 2.22. The molecule has 0 radical (unpaired) electrons. The normalized spacial score (nSPS) is 9.40. The van der Waals surface area contributed by atoms with E-state index in [4.69, 9.17) is 16.9 Å². The van der Waals surface area contributed by atoms with Gasteiger partial charge >= 0.3 is 5.97 Å². The largest absolute Gasteiger partial charge is 0.465 e. The van der Waals surface area contributed by atoms with Gasteiger partial charge in [-0.05, 0) is 24.1 Å². The fourth-order valence-corrected chi connectivity index (χ4v) is 1.56. The molecule has 78 valence electrons. The second-order valence-corrected chi connectivity index (χ2v) is 3.32. The fraction of sp³-hybridized carbons (Fsp3) is 0.273. The number of hydrogen-bond donors (Lipinski definition) is 0. The van der Waals surface area contributed by atoms with Crippen LogP contribution in [0.15, 0.2) is 18.2 Å². The number of benzene rings is 1. The third-order valence-corrected chi connectivity index (χ3v) is 2.37. The van der Waals surface area contributed by atoms with Gasteiger partial charge in [0.1, 0.15) is 0 Å². The lowest BCUT2D eigenvalue weighted by Crippen LogP contribution is -2.06. The lowest BCUT2D eigenvalue weighted by atomic mass is 10.0. The summed E-state index contributed by atoms with van der Waals surface area (Å²) in [7, 11) is 1.32. The Kier molecular flexibility index (Phi) is 4.14. The van der Waals surface area contributed by atoms with Crippen molar-refractivity contribution in [2.24, 2.45) is 0 Å². The smallest absolute Gasteiger partial charge is 0.338 e. The van der Waals surface area contributed by atoms with Crippen molar-refractivity contribution in [3.8, 4) is 6.07 Å². The number of rotatable bonds is 3. The van der Waals surface area contributed by atoms with Crippen LogP contribution in [-0.4, -0.2) is 13.1 Å². The molecule has 0 N–H and O–H groups in total. The Balaban J connectivity index is 3.09. The summed E-state index contributed by atoms with van der Waals surface area (Å²) < 4.78 is 4.63. The number of methoxy groups -OCH3 is 1. The summed E-state index contributed by atoms with van der Waals surface area (Å²) in [5.41, 5.74) is 1.10. The van der Waals surface area contributed by atoms with E-state index in [2.05, 4.69) is 4.74 Å². The van der Waals surface area contributed by atoms with Crippen molar-refractivity contribution >= 4 is 17.6 Å².